The highest BCUT2D eigenvalue weighted by Gasteiger charge is 2.36. The Bertz CT molecular complexity index is 326. The summed E-state index contributed by atoms with van der Waals surface area (Å²) < 4.78 is 0. The molecule has 1 atom stereocenters. The van der Waals surface area contributed by atoms with Crippen LogP contribution < -0.4 is 5.32 Å². The summed E-state index contributed by atoms with van der Waals surface area (Å²) in [6.45, 7) is 4.71. The van der Waals surface area contributed by atoms with Gasteiger partial charge in [-0.05, 0) is 24.3 Å². The van der Waals surface area contributed by atoms with Crippen molar-refractivity contribution >= 4 is 0 Å². The van der Waals surface area contributed by atoms with E-state index in [1.165, 1.54) is 31.5 Å². The molecule has 1 aromatic rings. The molecule has 0 unspecified atom stereocenters. The summed E-state index contributed by atoms with van der Waals surface area (Å²) in [6, 6.07) is 11.7. The Labute approximate surface area is 97.6 Å². The van der Waals surface area contributed by atoms with Crippen molar-refractivity contribution in [3.05, 3.63) is 35.9 Å². The Morgan fingerprint density at radius 3 is 2.38 bits per heavy atom. The van der Waals surface area contributed by atoms with E-state index in [-0.39, 0.29) is 0 Å². The molecule has 0 spiro atoms. The maximum Gasteiger partial charge on any atom is 0.0377 e. The average molecular weight is 216 g/mol. The van der Waals surface area contributed by atoms with E-state index in [9.17, 15) is 0 Å². The lowest BCUT2D eigenvalue weighted by molar-refractivity contribution is 0.156. The van der Waals surface area contributed by atoms with Gasteiger partial charge in [-0.2, -0.15) is 0 Å². The van der Waals surface area contributed by atoms with Crippen molar-refractivity contribution < 1.29 is 0 Å². The maximum atomic E-state index is 3.44. The largest absolute Gasteiger partial charge is 0.314 e. The standard InChI is InChI=1S/C14H20N2/c1-2-4-12(5-3-1)14(13-6-7-13)16-10-8-15-9-11-16/h1-5,13-15H,6-11H2/t14-/m0/s1. The topological polar surface area (TPSA) is 15.3 Å². The fraction of sp³-hybridized carbons (Fsp3) is 0.571. The van der Waals surface area contributed by atoms with Crippen LogP contribution >= 0.6 is 0 Å². The third-order valence-corrected chi connectivity index (χ3v) is 3.75. The third-order valence-electron chi connectivity index (χ3n) is 3.75. The molecule has 0 aromatic heterocycles. The summed E-state index contributed by atoms with van der Waals surface area (Å²) >= 11 is 0. The van der Waals surface area contributed by atoms with Crippen LogP contribution in [0.4, 0.5) is 0 Å². The molecule has 86 valence electrons. The van der Waals surface area contributed by atoms with Gasteiger partial charge in [0.15, 0.2) is 0 Å². The van der Waals surface area contributed by atoms with Gasteiger partial charge in [0.2, 0.25) is 0 Å². The molecule has 1 N–H and O–H groups in total. The molecule has 2 nitrogen and oxygen atoms in total. The molecule has 1 aromatic carbocycles. The molecular formula is C14H20N2. The summed E-state index contributed by atoms with van der Waals surface area (Å²) in [7, 11) is 0. The summed E-state index contributed by atoms with van der Waals surface area (Å²) in [5.74, 6) is 0.917. The fourth-order valence-electron chi connectivity index (χ4n) is 2.80. The zero-order valence-electron chi connectivity index (χ0n) is 9.73. The van der Waals surface area contributed by atoms with Gasteiger partial charge in [-0.1, -0.05) is 30.3 Å². The van der Waals surface area contributed by atoms with E-state index in [1.54, 1.807) is 0 Å². The molecule has 3 rings (SSSR count). The summed E-state index contributed by atoms with van der Waals surface area (Å²) in [4.78, 5) is 2.67. The molecule has 0 radical (unpaired) electrons. The highest BCUT2D eigenvalue weighted by Crippen LogP contribution is 2.44. The van der Waals surface area contributed by atoms with Gasteiger partial charge >= 0.3 is 0 Å². The van der Waals surface area contributed by atoms with Gasteiger partial charge in [0, 0.05) is 32.2 Å². The highest BCUT2D eigenvalue weighted by atomic mass is 15.2. The van der Waals surface area contributed by atoms with Crippen LogP contribution in [0.1, 0.15) is 24.4 Å². The van der Waals surface area contributed by atoms with Gasteiger partial charge in [0.05, 0.1) is 0 Å². The number of hydrogen-bond donors (Lipinski definition) is 1. The van der Waals surface area contributed by atoms with E-state index in [0.29, 0.717) is 6.04 Å². The van der Waals surface area contributed by atoms with Crippen LogP contribution in [0.25, 0.3) is 0 Å². The lowest BCUT2D eigenvalue weighted by Crippen LogP contribution is -2.45. The Kier molecular flexibility index (Phi) is 2.94. The first-order valence-corrected chi connectivity index (χ1v) is 6.45. The minimum absolute atomic E-state index is 0.684. The molecule has 1 heterocycles. The molecule has 1 saturated carbocycles. The van der Waals surface area contributed by atoms with Gasteiger partial charge in [-0.15, -0.1) is 0 Å². The molecule has 2 fully saturated rings. The Balaban J connectivity index is 1.80. The number of benzene rings is 1. The zero-order chi connectivity index (χ0) is 10.8. The smallest absolute Gasteiger partial charge is 0.0377 e. The molecule has 1 aliphatic heterocycles. The quantitative estimate of drug-likeness (QED) is 0.832. The Morgan fingerprint density at radius 2 is 1.75 bits per heavy atom. The number of hydrogen-bond acceptors (Lipinski definition) is 2. The normalized spacial score (nSPS) is 24.2. The summed E-state index contributed by atoms with van der Waals surface area (Å²) in [6.07, 6.45) is 2.84. The molecule has 0 bridgehead atoms. The summed E-state index contributed by atoms with van der Waals surface area (Å²) in [5, 5.41) is 3.44. The molecule has 1 saturated heterocycles. The van der Waals surface area contributed by atoms with E-state index in [1.807, 2.05) is 0 Å². The predicted octanol–water partition coefficient (Wildman–Crippen LogP) is 2.04. The van der Waals surface area contributed by atoms with Crippen LogP contribution in [0.2, 0.25) is 0 Å². The maximum absolute atomic E-state index is 3.44. The number of nitrogens with zero attached hydrogens (tertiary/aromatic N) is 1. The molecule has 16 heavy (non-hydrogen) atoms. The second kappa shape index (κ2) is 4.56. The van der Waals surface area contributed by atoms with Gasteiger partial charge in [0.25, 0.3) is 0 Å². The molecule has 2 aliphatic rings. The number of nitrogens with one attached hydrogen (secondary N) is 1. The van der Waals surface area contributed by atoms with Crippen molar-refractivity contribution in [1.29, 1.82) is 0 Å². The minimum atomic E-state index is 0.684. The van der Waals surface area contributed by atoms with E-state index >= 15 is 0 Å². The van der Waals surface area contributed by atoms with E-state index in [0.717, 1.165) is 19.0 Å². The van der Waals surface area contributed by atoms with Crippen LogP contribution in [0, 0.1) is 5.92 Å². The van der Waals surface area contributed by atoms with Crippen molar-refractivity contribution in [2.75, 3.05) is 26.2 Å². The van der Waals surface area contributed by atoms with E-state index in [4.69, 9.17) is 0 Å². The van der Waals surface area contributed by atoms with Gasteiger partial charge in [0.1, 0.15) is 0 Å². The second-order valence-corrected chi connectivity index (χ2v) is 4.98. The second-order valence-electron chi connectivity index (χ2n) is 4.98. The average Bonchev–Trinajstić information content (AvgIpc) is 3.17. The first-order valence-electron chi connectivity index (χ1n) is 6.45. The van der Waals surface area contributed by atoms with Crippen LogP contribution in [-0.2, 0) is 0 Å². The van der Waals surface area contributed by atoms with Crippen LogP contribution in [-0.4, -0.2) is 31.1 Å². The zero-order valence-corrected chi connectivity index (χ0v) is 9.73. The lowest BCUT2D eigenvalue weighted by Gasteiger charge is -2.35. The summed E-state index contributed by atoms with van der Waals surface area (Å²) in [5.41, 5.74) is 1.52. The lowest BCUT2D eigenvalue weighted by atomic mass is 10.00. The van der Waals surface area contributed by atoms with Gasteiger partial charge < -0.3 is 5.32 Å². The Morgan fingerprint density at radius 1 is 1.06 bits per heavy atom. The molecule has 2 heteroatoms. The molecule has 0 amide bonds. The predicted molar refractivity (Wildman–Crippen MR) is 66.3 cm³/mol. The minimum Gasteiger partial charge on any atom is -0.314 e. The first kappa shape index (κ1) is 10.3. The number of rotatable bonds is 3. The monoisotopic (exact) mass is 216 g/mol. The third kappa shape index (κ3) is 2.13. The van der Waals surface area contributed by atoms with E-state index in [2.05, 4.69) is 40.5 Å². The first-order chi connectivity index (χ1) is 7.95. The van der Waals surface area contributed by atoms with Crippen molar-refractivity contribution in [3.63, 3.8) is 0 Å². The van der Waals surface area contributed by atoms with Crippen LogP contribution in [0.5, 0.6) is 0 Å². The fourth-order valence-corrected chi connectivity index (χ4v) is 2.80. The van der Waals surface area contributed by atoms with Crippen molar-refractivity contribution in [3.8, 4) is 0 Å². The molecular weight excluding hydrogens is 196 g/mol. The van der Waals surface area contributed by atoms with Gasteiger partial charge in [-0.3, -0.25) is 4.90 Å². The van der Waals surface area contributed by atoms with Crippen molar-refractivity contribution in [2.45, 2.75) is 18.9 Å². The molecule has 1 aliphatic carbocycles. The Hall–Kier alpha value is -0.860. The number of piperazine rings is 1. The van der Waals surface area contributed by atoms with Crippen molar-refractivity contribution in [2.24, 2.45) is 5.92 Å². The highest BCUT2D eigenvalue weighted by molar-refractivity contribution is 5.21. The van der Waals surface area contributed by atoms with Crippen LogP contribution in [0.15, 0.2) is 30.3 Å². The van der Waals surface area contributed by atoms with Crippen molar-refractivity contribution in [1.82, 2.24) is 10.2 Å². The van der Waals surface area contributed by atoms with Crippen LogP contribution in [0.3, 0.4) is 0 Å². The van der Waals surface area contributed by atoms with E-state index < -0.39 is 0 Å². The SMILES string of the molecule is c1ccc([C@@H](C2CC2)N2CCNCC2)cc1. The van der Waals surface area contributed by atoms with Gasteiger partial charge in [-0.25, -0.2) is 0 Å².